The largest absolute Gasteiger partial charge is 0.145 e. The lowest BCUT2D eigenvalue weighted by Gasteiger charge is -2.36. The molecule has 0 saturated carbocycles. The third-order valence-corrected chi connectivity index (χ3v) is 12.0. The van der Waals surface area contributed by atoms with Crippen LogP contribution in [-0.2, 0) is 0 Å². The van der Waals surface area contributed by atoms with Crippen LogP contribution in [0, 0.1) is 0 Å². The molecule has 4 rings (SSSR count). The standard InChI is InChI=1S/C28H26Cl2P2/c1-23(31(24-14-6-2-7-15-24)25-16-8-3-9-17-25)22-28(29,30)32(26-18-10-4-11-19-26)27-20-12-5-13-21-27/h2-21,23H,22H2,1H3. The quantitative estimate of drug-likeness (QED) is 0.180. The Labute approximate surface area is 204 Å². The van der Waals surface area contributed by atoms with Gasteiger partial charge in [0.25, 0.3) is 0 Å². The average Bonchev–Trinajstić information content (AvgIpc) is 2.82. The van der Waals surface area contributed by atoms with E-state index < -0.39 is 19.9 Å². The molecule has 0 radical (unpaired) electrons. The second kappa shape index (κ2) is 11.0. The fourth-order valence-electron chi connectivity index (χ4n) is 4.05. The molecule has 1 unspecified atom stereocenters. The first-order valence-corrected chi connectivity index (χ1v) is 14.2. The van der Waals surface area contributed by atoms with Crippen LogP contribution in [0.25, 0.3) is 0 Å². The molecule has 0 amide bonds. The summed E-state index contributed by atoms with van der Waals surface area (Å²) in [6, 6.07) is 42.5. The van der Waals surface area contributed by atoms with Crippen LogP contribution in [0.5, 0.6) is 0 Å². The van der Waals surface area contributed by atoms with Gasteiger partial charge in [0.1, 0.15) is 4.07 Å². The Morgan fingerprint density at radius 3 is 1.22 bits per heavy atom. The van der Waals surface area contributed by atoms with Crippen molar-refractivity contribution in [2.24, 2.45) is 0 Å². The van der Waals surface area contributed by atoms with Gasteiger partial charge in [-0.05, 0) is 49.1 Å². The SMILES string of the molecule is CC(CC(Cl)(Cl)P(c1ccccc1)c1ccccc1)P(c1ccccc1)c1ccccc1. The van der Waals surface area contributed by atoms with Crippen molar-refractivity contribution >= 4 is 60.3 Å². The molecule has 0 N–H and O–H groups in total. The van der Waals surface area contributed by atoms with E-state index in [4.69, 9.17) is 23.2 Å². The molecule has 1 atom stereocenters. The second-order valence-electron chi connectivity index (χ2n) is 7.77. The molecule has 0 aromatic heterocycles. The first-order chi connectivity index (χ1) is 15.6. The van der Waals surface area contributed by atoms with E-state index in [0.717, 1.165) is 0 Å². The Morgan fingerprint density at radius 2 is 0.875 bits per heavy atom. The highest BCUT2D eigenvalue weighted by Crippen LogP contribution is 2.59. The number of hydrogen-bond donors (Lipinski definition) is 0. The van der Waals surface area contributed by atoms with Crippen molar-refractivity contribution in [3.05, 3.63) is 121 Å². The lowest BCUT2D eigenvalue weighted by Crippen LogP contribution is -2.30. The zero-order chi connectivity index (χ0) is 22.4. The van der Waals surface area contributed by atoms with Gasteiger partial charge in [-0.15, -0.1) is 0 Å². The molecular weight excluding hydrogens is 469 g/mol. The minimum Gasteiger partial charge on any atom is -0.0958 e. The summed E-state index contributed by atoms with van der Waals surface area (Å²) in [6.45, 7) is 2.30. The van der Waals surface area contributed by atoms with Crippen molar-refractivity contribution < 1.29 is 0 Å². The Balaban J connectivity index is 1.70. The molecule has 4 aromatic rings. The second-order valence-corrected chi connectivity index (χ2v) is 14.9. The molecule has 0 aliphatic heterocycles. The number of halogens is 2. The van der Waals surface area contributed by atoms with E-state index in [1.807, 2.05) is 12.1 Å². The van der Waals surface area contributed by atoms with E-state index in [1.165, 1.54) is 21.2 Å². The summed E-state index contributed by atoms with van der Waals surface area (Å²) in [4.78, 5) is 0. The van der Waals surface area contributed by atoms with Gasteiger partial charge in [-0.3, -0.25) is 0 Å². The van der Waals surface area contributed by atoms with Crippen molar-refractivity contribution in [2.75, 3.05) is 0 Å². The molecule has 162 valence electrons. The molecule has 0 nitrogen and oxygen atoms in total. The molecule has 4 heteroatoms. The summed E-state index contributed by atoms with van der Waals surface area (Å²) >= 11 is 14.6. The van der Waals surface area contributed by atoms with E-state index in [-0.39, 0.29) is 0 Å². The minimum atomic E-state index is -0.948. The van der Waals surface area contributed by atoms with Crippen LogP contribution in [0.2, 0.25) is 0 Å². The highest BCUT2D eigenvalue weighted by molar-refractivity contribution is 7.77. The third-order valence-electron chi connectivity index (χ3n) is 5.41. The van der Waals surface area contributed by atoms with Gasteiger partial charge >= 0.3 is 0 Å². The Hall–Kier alpha value is -1.68. The third kappa shape index (κ3) is 5.62. The first kappa shape index (κ1) is 23.5. The summed E-state index contributed by atoms with van der Waals surface area (Å²) in [5.41, 5.74) is 0.308. The topological polar surface area (TPSA) is 0 Å². The molecule has 0 aliphatic carbocycles. The average molecular weight is 495 g/mol. The Bertz CT molecular complexity index is 1010. The van der Waals surface area contributed by atoms with E-state index >= 15 is 0 Å². The molecule has 32 heavy (non-hydrogen) atoms. The van der Waals surface area contributed by atoms with Gasteiger partial charge in [0.15, 0.2) is 0 Å². The van der Waals surface area contributed by atoms with Crippen LogP contribution >= 0.6 is 39.0 Å². The van der Waals surface area contributed by atoms with Gasteiger partial charge in [0.05, 0.1) is 0 Å². The van der Waals surface area contributed by atoms with E-state index in [2.05, 4.69) is 116 Å². The Kier molecular flexibility index (Phi) is 8.04. The van der Waals surface area contributed by atoms with Gasteiger partial charge in [-0.1, -0.05) is 151 Å². The van der Waals surface area contributed by atoms with Gasteiger partial charge in [0, 0.05) is 0 Å². The predicted octanol–water partition coefficient (Wildman–Crippen LogP) is 7.16. The van der Waals surface area contributed by atoms with Gasteiger partial charge in [-0.2, -0.15) is 0 Å². The summed E-state index contributed by atoms with van der Waals surface area (Å²) in [6.07, 6.45) is 0.709. The highest BCUT2D eigenvalue weighted by atomic mass is 35.5. The maximum absolute atomic E-state index is 7.29. The maximum atomic E-state index is 7.29. The van der Waals surface area contributed by atoms with Crippen LogP contribution in [0.3, 0.4) is 0 Å². The molecule has 0 aliphatic rings. The van der Waals surface area contributed by atoms with Crippen LogP contribution in [-0.4, -0.2) is 9.73 Å². The number of benzene rings is 4. The summed E-state index contributed by atoms with van der Waals surface area (Å²) < 4.78 is -0.887. The summed E-state index contributed by atoms with van der Waals surface area (Å²) in [5, 5.41) is 5.12. The van der Waals surface area contributed by atoms with Crippen molar-refractivity contribution in [1.82, 2.24) is 0 Å². The van der Waals surface area contributed by atoms with Crippen LogP contribution in [0.1, 0.15) is 13.3 Å². The fraction of sp³-hybridized carbons (Fsp3) is 0.143. The number of alkyl halides is 2. The smallest absolute Gasteiger partial charge is 0.0958 e. The zero-order valence-electron chi connectivity index (χ0n) is 18.0. The van der Waals surface area contributed by atoms with Crippen molar-refractivity contribution in [1.29, 1.82) is 0 Å². The number of rotatable bonds is 8. The first-order valence-electron chi connectivity index (χ1n) is 10.7. The lowest BCUT2D eigenvalue weighted by molar-refractivity contribution is 0.837. The molecule has 4 aromatic carbocycles. The van der Waals surface area contributed by atoms with E-state index in [0.29, 0.717) is 12.1 Å². The van der Waals surface area contributed by atoms with Crippen LogP contribution in [0.4, 0.5) is 0 Å². The van der Waals surface area contributed by atoms with E-state index in [9.17, 15) is 0 Å². The summed E-state index contributed by atoms with van der Waals surface area (Å²) in [7, 11) is -1.55. The molecule has 0 spiro atoms. The van der Waals surface area contributed by atoms with Crippen LogP contribution < -0.4 is 21.2 Å². The van der Waals surface area contributed by atoms with Gasteiger partial charge < -0.3 is 0 Å². The molecule has 0 heterocycles. The van der Waals surface area contributed by atoms with E-state index in [1.54, 1.807) is 0 Å². The maximum Gasteiger partial charge on any atom is 0.145 e. The highest BCUT2D eigenvalue weighted by Gasteiger charge is 2.40. The normalized spacial score (nSPS) is 12.8. The molecule has 0 bridgehead atoms. The molecule has 0 saturated heterocycles. The fourth-order valence-corrected chi connectivity index (χ4v) is 11.3. The van der Waals surface area contributed by atoms with Crippen molar-refractivity contribution in [2.45, 2.75) is 23.1 Å². The van der Waals surface area contributed by atoms with Crippen LogP contribution in [0.15, 0.2) is 121 Å². The minimum absolute atomic E-state index is 0.308. The lowest BCUT2D eigenvalue weighted by atomic mass is 10.3. The monoisotopic (exact) mass is 494 g/mol. The molecular formula is C28H26Cl2P2. The molecule has 0 fully saturated rings. The number of hydrogen-bond acceptors (Lipinski definition) is 0. The van der Waals surface area contributed by atoms with Crippen molar-refractivity contribution in [3.63, 3.8) is 0 Å². The van der Waals surface area contributed by atoms with Gasteiger partial charge in [0.2, 0.25) is 0 Å². The zero-order valence-corrected chi connectivity index (χ0v) is 21.3. The predicted molar refractivity (Wildman–Crippen MR) is 147 cm³/mol. The van der Waals surface area contributed by atoms with Crippen molar-refractivity contribution in [3.8, 4) is 0 Å². The van der Waals surface area contributed by atoms with Gasteiger partial charge in [-0.25, -0.2) is 0 Å². The summed E-state index contributed by atoms with van der Waals surface area (Å²) in [5.74, 6) is 0. The Morgan fingerprint density at radius 1 is 0.562 bits per heavy atom.